The summed E-state index contributed by atoms with van der Waals surface area (Å²) in [6, 6.07) is 20.1. The first-order valence-electron chi connectivity index (χ1n) is 9.62. The van der Waals surface area contributed by atoms with Crippen LogP contribution in [0.4, 0.5) is 0 Å². The van der Waals surface area contributed by atoms with Gasteiger partial charge in [-0.15, -0.1) is 5.10 Å². The molecule has 29 heavy (non-hydrogen) atoms. The number of ether oxygens (including phenoxy) is 1. The standard InChI is InChI=1S/C23H21N5O/c1-16-17(2)27(13-18-9-5-3-6-10-18)22-21(16)23-25-20(26-28(23)15-24-22)14-29-19-11-7-4-8-12-19/h3-12,15H,13-14H2,1-2H3. The van der Waals surface area contributed by atoms with E-state index in [1.807, 2.05) is 36.4 Å². The maximum atomic E-state index is 5.81. The molecule has 0 aliphatic rings. The summed E-state index contributed by atoms with van der Waals surface area (Å²) in [7, 11) is 0. The molecule has 3 heterocycles. The van der Waals surface area contributed by atoms with Crippen molar-refractivity contribution in [2.75, 3.05) is 0 Å². The minimum absolute atomic E-state index is 0.315. The fourth-order valence-electron chi connectivity index (χ4n) is 3.66. The summed E-state index contributed by atoms with van der Waals surface area (Å²) in [5, 5.41) is 5.59. The molecule has 0 saturated carbocycles. The first-order chi connectivity index (χ1) is 14.2. The van der Waals surface area contributed by atoms with Crippen molar-refractivity contribution in [2.45, 2.75) is 27.0 Å². The van der Waals surface area contributed by atoms with Crippen molar-refractivity contribution in [3.8, 4) is 5.75 Å². The molecule has 0 saturated heterocycles. The number of hydrogen-bond donors (Lipinski definition) is 0. The topological polar surface area (TPSA) is 57.2 Å². The van der Waals surface area contributed by atoms with Crippen molar-refractivity contribution in [3.05, 3.63) is 89.6 Å². The minimum Gasteiger partial charge on any atom is -0.486 e. The van der Waals surface area contributed by atoms with Crippen molar-refractivity contribution in [1.29, 1.82) is 0 Å². The molecule has 0 spiro atoms. The van der Waals surface area contributed by atoms with E-state index in [9.17, 15) is 0 Å². The summed E-state index contributed by atoms with van der Waals surface area (Å²) in [6.45, 7) is 5.34. The quantitative estimate of drug-likeness (QED) is 0.453. The number of fused-ring (bicyclic) bond motifs is 3. The van der Waals surface area contributed by atoms with Crippen LogP contribution in [0.5, 0.6) is 5.75 Å². The molecule has 5 rings (SSSR count). The molecule has 0 atom stereocenters. The van der Waals surface area contributed by atoms with Crippen molar-refractivity contribution < 1.29 is 4.74 Å². The summed E-state index contributed by atoms with van der Waals surface area (Å²) in [6.07, 6.45) is 1.73. The molecule has 6 nitrogen and oxygen atoms in total. The van der Waals surface area contributed by atoms with Crippen LogP contribution in [0.25, 0.3) is 16.7 Å². The number of hydrogen-bond acceptors (Lipinski definition) is 4. The van der Waals surface area contributed by atoms with Crippen molar-refractivity contribution in [3.63, 3.8) is 0 Å². The molecule has 0 radical (unpaired) electrons. The SMILES string of the molecule is Cc1c(C)n(Cc2ccccc2)c2ncn3nc(COc4ccccc4)nc3c12. The number of nitrogens with zero attached hydrogens (tertiary/aromatic N) is 5. The van der Waals surface area contributed by atoms with Crippen LogP contribution in [-0.4, -0.2) is 24.1 Å². The monoisotopic (exact) mass is 383 g/mol. The molecule has 0 unspecified atom stereocenters. The number of benzene rings is 2. The van der Waals surface area contributed by atoms with Gasteiger partial charge in [0.2, 0.25) is 0 Å². The summed E-state index contributed by atoms with van der Waals surface area (Å²) >= 11 is 0. The van der Waals surface area contributed by atoms with E-state index in [2.05, 4.69) is 47.8 Å². The van der Waals surface area contributed by atoms with Crippen LogP contribution in [0.15, 0.2) is 67.0 Å². The van der Waals surface area contributed by atoms with Gasteiger partial charge in [0.25, 0.3) is 0 Å². The minimum atomic E-state index is 0.315. The zero-order chi connectivity index (χ0) is 19.8. The Balaban J connectivity index is 1.54. The van der Waals surface area contributed by atoms with E-state index < -0.39 is 0 Å². The maximum absolute atomic E-state index is 5.81. The molecule has 0 amide bonds. The average molecular weight is 383 g/mol. The normalized spacial score (nSPS) is 11.4. The smallest absolute Gasteiger partial charge is 0.189 e. The van der Waals surface area contributed by atoms with E-state index in [0.717, 1.165) is 29.0 Å². The second-order valence-electron chi connectivity index (χ2n) is 7.12. The molecule has 0 fully saturated rings. The van der Waals surface area contributed by atoms with Crippen LogP contribution in [0.1, 0.15) is 22.6 Å². The molecule has 0 bridgehead atoms. The van der Waals surface area contributed by atoms with Gasteiger partial charge >= 0.3 is 0 Å². The molecule has 2 aromatic carbocycles. The van der Waals surface area contributed by atoms with Gasteiger partial charge in [-0.25, -0.2) is 14.5 Å². The highest BCUT2D eigenvalue weighted by molar-refractivity contribution is 5.93. The van der Waals surface area contributed by atoms with Crippen LogP contribution in [0.2, 0.25) is 0 Å². The van der Waals surface area contributed by atoms with E-state index in [-0.39, 0.29) is 0 Å². The lowest BCUT2D eigenvalue weighted by atomic mass is 10.2. The highest BCUT2D eigenvalue weighted by atomic mass is 16.5. The van der Waals surface area contributed by atoms with Crippen LogP contribution in [0, 0.1) is 13.8 Å². The lowest BCUT2D eigenvalue weighted by Gasteiger charge is -2.07. The Labute approximate surface area is 168 Å². The summed E-state index contributed by atoms with van der Waals surface area (Å²) in [5.74, 6) is 1.44. The first-order valence-corrected chi connectivity index (χ1v) is 9.62. The second-order valence-corrected chi connectivity index (χ2v) is 7.12. The number of aryl methyl sites for hydroxylation is 1. The third-order valence-corrected chi connectivity index (χ3v) is 5.28. The Morgan fingerprint density at radius 1 is 0.897 bits per heavy atom. The molecular formula is C23H21N5O. The van der Waals surface area contributed by atoms with Gasteiger partial charge in [0, 0.05) is 12.2 Å². The fraction of sp³-hybridized carbons (Fsp3) is 0.174. The third-order valence-electron chi connectivity index (χ3n) is 5.28. The largest absolute Gasteiger partial charge is 0.486 e. The maximum Gasteiger partial charge on any atom is 0.189 e. The Kier molecular flexibility index (Phi) is 4.24. The van der Waals surface area contributed by atoms with Crippen molar-refractivity contribution in [1.82, 2.24) is 24.1 Å². The van der Waals surface area contributed by atoms with Gasteiger partial charge < -0.3 is 9.30 Å². The van der Waals surface area contributed by atoms with E-state index in [1.54, 1.807) is 10.8 Å². The molecular weight excluding hydrogens is 362 g/mol. The molecule has 0 aliphatic carbocycles. The molecule has 3 aromatic heterocycles. The fourth-order valence-corrected chi connectivity index (χ4v) is 3.66. The lowest BCUT2D eigenvalue weighted by Crippen LogP contribution is -2.03. The predicted octanol–water partition coefficient (Wildman–Crippen LogP) is 4.32. The van der Waals surface area contributed by atoms with Crippen molar-refractivity contribution in [2.24, 2.45) is 0 Å². The number of aromatic nitrogens is 5. The van der Waals surface area contributed by atoms with Gasteiger partial charge in [-0.1, -0.05) is 48.5 Å². The second kappa shape index (κ2) is 7.05. The van der Waals surface area contributed by atoms with E-state index in [1.165, 1.54) is 16.8 Å². The summed E-state index contributed by atoms with van der Waals surface area (Å²) < 4.78 is 9.79. The van der Waals surface area contributed by atoms with E-state index in [4.69, 9.17) is 14.7 Å². The molecule has 144 valence electrons. The Morgan fingerprint density at radius 3 is 2.38 bits per heavy atom. The highest BCUT2D eigenvalue weighted by Crippen LogP contribution is 2.27. The summed E-state index contributed by atoms with van der Waals surface area (Å²) in [5.41, 5.74) is 5.35. The molecule has 6 heteroatoms. The Bertz CT molecular complexity index is 1290. The van der Waals surface area contributed by atoms with Gasteiger partial charge in [-0.3, -0.25) is 0 Å². The van der Waals surface area contributed by atoms with Gasteiger partial charge in [-0.05, 0) is 37.1 Å². The molecule has 0 N–H and O–H groups in total. The molecule has 5 aromatic rings. The third kappa shape index (κ3) is 3.12. The average Bonchev–Trinajstić information content (AvgIpc) is 3.28. The number of rotatable bonds is 5. The van der Waals surface area contributed by atoms with E-state index >= 15 is 0 Å². The van der Waals surface area contributed by atoms with Gasteiger partial charge in [0.1, 0.15) is 24.3 Å². The predicted molar refractivity (Wildman–Crippen MR) is 112 cm³/mol. The van der Waals surface area contributed by atoms with Gasteiger partial charge in [-0.2, -0.15) is 0 Å². The highest BCUT2D eigenvalue weighted by Gasteiger charge is 2.18. The van der Waals surface area contributed by atoms with Crippen LogP contribution >= 0.6 is 0 Å². The van der Waals surface area contributed by atoms with E-state index in [0.29, 0.717) is 12.4 Å². The molecule has 0 aliphatic heterocycles. The Morgan fingerprint density at radius 2 is 1.62 bits per heavy atom. The Hall–Kier alpha value is -3.67. The lowest BCUT2D eigenvalue weighted by molar-refractivity contribution is 0.296. The van der Waals surface area contributed by atoms with Crippen LogP contribution in [-0.2, 0) is 13.2 Å². The van der Waals surface area contributed by atoms with Gasteiger partial charge in [0.15, 0.2) is 11.5 Å². The zero-order valence-corrected chi connectivity index (χ0v) is 16.4. The zero-order valence-electron chi connectivity index (χ0n) is 16.4. The van der Waals surface area contributed by atoms with Crippen LogP contribution in [0.3, 0.4) is 0 Å². The first kappa shape index (κ1) is 17.4. The number of para-hydroxylation sites is 1. The van der Waals surface area contributed by atoms with Crippen LogP contribution < -0.4 is 4.74 Å². The van der Waals surface area contributed by atoms with Gasteiger partial charge in [0.05, 0.1) is 5.39 Å². The van der Waals surface area contributed by atoms with Crippen molar-refractivity contribution >= 4 is 16.7 Å². The summed E-state index contributed by atoms with van der Waals surface area (Å²) in [4.78, 5) is 9.45.